The Balaban J connectivity index is 1.91. The number of morpholine rings is 1. The lowest BCUT2D eigenvalue weighted by Gasteiger charge is -2.32. The van der Waals surface area contributed by atoms with Crippen molar-refractivity contribution in [2.24, 2.45) is 5.92 Å². The van der Waals surface area contributed by atoms with Crippen LogP contribution in [0.25, 0.3) is 0 Å². The average Bonchev–Trinajstić information content (AvgIpc) is 3.29. The Morgan fingerprint density at radius 3 is 2.48 bits per heavy atom. The van der Waals surface area contributed by atoms with Gasteiger partial charge in [-0.05, 0) is 36.2 Å². The number of benzene rings is 1. The van der Waals surface area contributed by atoms with Gasteiger partial charge in [-0.3, -0.25) is 19.3 Å². The van der Waals surface area contributed by atoms with Gasteiger partial charge in [-0.2, -0.15) is 13.2 Å². The molecule has 1 atom stereocenters. The average molecular weight is 611 g/mol. The van der Waals surface area contributed by atoms with E-state index in [1.54, 1.807) is 13.8 Å². The van der Waals surface area contributed by atoms with Crippen LogP contribution in [0.15, 0.2) is 30.3 Å². The first kappa shape index (κ1) is 31.7. The number of amides is 3. The molecule has 3 amide bonds. The van der Waals surface area contributed by atoms with Crippen LogP contribution in [0.4, 0.5) is 33.3 Å². The number of halogens is 6. The van der Waals surface area contributed by atoms with Crippen molar-refractivity contribution in [1.82, 2.24) is 10.2 Å². The molecule has 2 heterocycles. The van der Waals surface area contributed by atoms with Crippen LogP contribution in [0.3, 0.4) is 0 Å². The minimum atomic E-state index is -4.92. The predicted molar refractivity (Wildman–Crippen MR) is 141 cm³/mol. The molecule has 0 spiro atoms. The lowest BCUT2D eigenvalue weighted by atomic mass is 10.1. The van der Waals surface area contributed by atoms with E-state index in [0.717, 1.165) is 33.3 Å². The van der Waals surface area contributed by atoms with Gasteiger partial charge in [0.1, 0.15) is 12.6 Å². The van der Waals surface area contributed by atoms with E-state index in [2.05, 4.69) is 10.6 Å². The summed E-state index contributed by atoms with van der Waals surface area (Å²) < 4.78 is 74.4. The first-order valence-electron chi connectivity index (χ1n) is 12.2. The van der Waals surface area contributed by atoms with Gasteiger partial charge < -0.3 is 20.3 Å². The molecule has 0 unspecified atom stereocenters. The summed E-state index contributed by atoms with van der Waals surface area (Å²) in [5.74, 6) is -2.34. The second-order valence-electron chi connectivity index (χ2n) is 9.38. The largest absolute Gasteiger partial charge is 0.418 e. The minimum absolute atomic E-state index is 0.00728. The molecule has 220 valence electrons. The Morgan fingerprint density at radius 2 is 1.90 bits per heavy atom. The maximum atomic E-state index is 14.0. The van der Waals surface area contributed by atoms with Crippen LogP contribution < -0.4 is 15.5 Å². The van der Waals surface area contributed by atoms with Crippen molar-refractivity contribution in [3.63, 3.8) is 0 Å². The molecule has 8 nitrogen and oxygen atoms in total. The van der Waals surface area contributed by atoms with E-state index < -0.39 is 60.7 Å². The third-order valence-electron chi connectivity index (χ3n) is 5.83. The smallest absolute Gasteiger partial charge is 0.370 e. The van der Waals surface area contributed by atoms with Gasteiger partial charge in [-0.1, -0.05) is 25.4 Å². The van der Waals surface area contributed by atoms with Crippen molar-refractivity contribution in [3.05, 3.63) is 45.1 Å². The predicted octanol–water partition coefficient (Wildman–Crippen LogP) is 4.74. The third kappa shape index (κ3) is 8.59. The number of hydrogen-bond donors (Lipinski definition) is 2. The van der Waals surface area contributed by atoms with Crippen molar-refractivity contribution < 1.29 is 41.1 Å². The van der Waals surface area contributed by atoms with Crippen LogP contribution in [0.2, 0.25) is 4.34 Å². The molecule has 1 fully saturated rings. The normalized spacial score (nSPS) is 15.2. The van der Waals surface area contributed by atoms with Gasteiger partial charge >= 0.3 is 6.18 Å². The van der Waals surface area contributed by atoms with Gasteiger partial charge in [0.05, 0.1) is 33.6 Å². The van der Waals surface area contributed by atoms with Gasteiger partial charge in [0.25, 0.3) is 18.2 Å². The first-order valence-corrected chi connectivity index (χ1v) is 13.4. The standard InChI is InChI=1S/C25H28ClF5N4O4S/c1-14(2)11-34(12-21(27)28)18(10-32-24(38)19-5-6-20(26)40-19)23(37)33-17-4-3-15(9-16(17)25(29,30)31)35-7-8-39-13-22(35)36/h3-6,9,14,18,21H,7-8,10-13H2,1-2H3,(H,32,38)(H,33,37)/t18-/m1/s1. The zero-order valence-corrected chi connectivity index (χ0v) is 23.1. The highest BCUT2D eigenvalue weighted by Gasteiger charge is 2.37. The van der Waals surface area contributed by atoms with E-state index in [1.165, 1.54) is 18.2 Å². The molecule has 1 aromatic heterocycles. The Morgan fingerprint density at radius 1 is 1.18 bits per heavy atom. The Bertz CT molecular complexity index is 1200. The molecule has 0 radical (unpaired) electrons. The molecule has 2 aromatic rings. The zero-order valence-electron chi connectivity index (χ0n) is 21.6. The molecule has 0 aliphatic carbocycles. The Labute approximate surface area is 236 Å². The number of nitrogens with one attached hydrogen (secondary N) is 2. The summed E-state index contributed by atoms with van der Waals surface area (Å²) in [6.45, 7) is 2.08. The summed E-state index contributed by atoms with van der Waals surface area (Å²) in [4.78, 5) is 40.5. The van der Waals surface area contributed by atoms with Crippen LogP contribution in [-0.4, -0.2) is 74.5 Å². The number of ether oxygens (including phenoxy) is 1. The molecule has 1 saturated heterocycles. The van der Waals surface area contributed by atoms with E-state index in [4.69, 9.17) is 16.3 Å². The molecule has 1 aliphatic heterocycles. The summed E-state index contributed by atoms with van der Waals surface area (Å²) in [6, 6.07) is 4.48. The highest BCUT2D eigenvalue weighted by atomic mass is 35.5. The van der Waals surface area contributed by atoms with E-state index in [-0.39, 0.29) is 42.8 Å². The number of nitrogens with zero attached hydrogens (tertiary/aromatic N) is 2. The van der Waals surface area contributed by atoms with E-state index in [1.807, 2.05) is 0 Å². The molecule has 1 aliphatic rings. The number of anilines is 2. The summed E-state index contributed by atoms with van der Waals surface area (Å²) in [7, 11) is 0. The maximum absolute atomic E-state index is 14.0. The number of hydrogen-bond acceptors (Lipinski definition) is 6. The zero-order chi connectivity index (χ0) is 29.6. The van der Waals surface area contributed by atoms with Crippen molar-refractivity contribution >= 4 is 52.0 Å². The number of rotatable bonds is 11. The lowest BCUT2D eigenvalue weighted by Crippen LogP contribution is -2.53. The van der Waals surface area contributed by atoms with Crippen LogP contribution in [0.5, 0.6) is 0 Å². The van der Waals surface area contributed by atoms with Crippen molar-refractivity contribution in [3.8, 4) is 0 Å². The Hall–Kier alpha value is -2.81. The lowest BCUT2D eigenvalue weighted by molar-refractivity contribution is -0.137. The molecule has 0 bridgehead atoms. The Kier molecular flexibility index (Phi) is 10.9. The monoisotopic (exact) mass is 610 g/mol. The molecule has 0 saturated carbocycles. The molecular weight excluding hydrogens is 583 g/mol. The van der Waals surface area contributed by atoms with Crippen molar-refractivity contribution in [2.75, 3.05) is 49.6 Å². The second kappa shape index (κ2) is 13.7. The summed E-state index contributed by atoms with van der Waals surface area (Å²) >= 11 is 6.82. The molecule has 2 N–H and O–H groups in total. The SMILES string of the molecule is CC(C)CN(CC(F)F)[C@H](CNC(=O)c1ccc(Cl)s1)C(=O)Nc1ccc(N2CCOCC2=O)cc1C(F)(F)F. The fourth-order valence-corrected chi connectivity index (χ4v) is 5.09. The second-order valence-corrected chi connectivity index (χ2v) is 11.1. The fourth-order valence-electron chi connectivity index (χ4n) is 4.13. The van der Waals surface area contributed by atoms with Gasteiger partial charge in [-0.25, -0.2) is 8.78 Å². The third-order valence-corrected chi connectivity index (χ3v) is 7.06. The molecule has 3 rings (SSSR count). The number of alkyl halides is 5. The highest BCUT2D eigenvalue weighted by Crippen LogP contribution is 2.38. The van der Waals surface area contributed by atoms with E-state index >= 15 is 0 Å². The van der Waals surface area contributed by atoms with Crippen molar-refractivity contribution in [1.29, 1.82) is 0 Å². The number of carbonyl (C=O) groups is 3. The van der Waals surface area contributed by atoms with Gasteiger partial charge in [-0.15, -0.1) is 11.3 Å². The number of carbonyl (C=O) groups excluding carboxylic acids is 3. The van der Waals surface area contributed by atoms with E-state index in [9.17, 15) is 36.3 Å². The molecule has 40 heavy (non-hydrogen) atoms. The van der Waals surface area contributed by atoms with Gasteiger partial charge in [0.15, 0.2) is 0 Å². The topological polar surface area (TPSA) is 91.0 Å². The minimum Gasteiger partial charge on any atom is -0.370 e. The molecular formula is C25H28ClF5N4O4S. The summed E-state index contributed by atoms with van der Waals surface area (Å²) in [5.41, 5.74) is -1.88. The first-order chi connectivity index (χ1) is 18.8. The van der Waals surface area contributed by atoms with Gasteiger partial charge in [0, 0.05) is 25.3 Å². The van der Waals surface area contributed by atoms with Crippen LogP contribution >= 0.6 is 22.9 Å². The van der Waals surface area contributed by atoms with Crippen LogP contribution in [0, 0.1) is 5.92 Å². The van der Waals surface area contributed by atoms with Crippen LogP contribution in [0.1, 0.15) is 29.1 Å². The molecule has 15 heteroatoms. The van der Waals surface area contributed by atoms with Crippen LogP contribution in [-0.2, 0) is 20.5 Å². The van der Waals surface area contributed by atoms with Gasteiger partial charge in [0.2, 0.25) is 5.91 Å². The van der Waals surface area contributed by atoms with E-state index in [0.29, 0.717) is 4.34 Å². The fraction of sp³-hybridized carbons (Fsp3) is 0.480. The number of thiophene rings is 1. The summed E-state index contributed by atoms with van der Waals surface area (Å²) in [5, 5.41) is 4.70. The maximum Gasteiger partial charge on any atom is 0.418 e. The quantitative estimate of drug-likeness (QED) is 0.359. The highest BCUT2D eigenvalue weighted by molar-refractivity contribution is 7.18. The van der Waals surface area contributed by atoms with Crippen molar-refractivity contribution in [2.45, 2.75) is 32.5 Å². The summed E-state index contributed by atoms with van der Waals surface area (Å²) in [6.07, 6.45) is -7.77. The molecule has 1 aromatic carbocycles.